The summed E-state index contributed by atoms with van der Waals surface area (Å²) in [6.45, 7) is 84.4. The molecule has 0 aromatic carbocycles. The maximum Gasteiger partial charge on any atom is 2.00 e. The minimum atomic E-state index is -2.42. The first kappa shape index (κ1) is 94.0. The van der Waals surface area contributed by atoms with E-state index in [-0.39, 0.29) is 73.8 Å². The molecule has 0 aromatic rings. The first-order valence-electron chi connectivity index (χ1n) is 28.2. The van der Waals surface area contributed by atoms with E-state index in [0.717, 1.165) is 0 Å². The van der Waals surface area contributed by atoms with E-state index in [1.807, 2.05) is 0 Å². The summed E-state index contributed by atoms with van der Waals surface area (Å²) in [6, 6.07) is 0. The van der Waals surface area contributed by atoms with Crippen molar-refractivity contribution in [3.8, 4) is 0 Å². The van der Waals surface area contributed by atoms with Gasteiger partial charge in [0.15, 0.2) is 0 Å². The third-order valence-electron chi connectivity index (χ3n) is 12.3. The van der Waals surface area contributed by atoms with Gasteiger partial charge in [-0.2, -0.15) is 0 Å². The van der Waals surface area contributed by atoms with Gasteiger partial charge in [0.05, 0.1) is 73.9 Å². The maximum atomic E-state index is 11.9. The molecule has 0 spiro atoms. The molecular weight excluding hydrogens is 1580 g/mol. The molecule has 0 aliphatic rings. The van der Waals surface area contributed by atoms with E-state index < -0.39 is 96.1 Å². The zero-order chi connectivity index (χ0) is 57.7. The van der Waals surface area contributed by atoms with Gasteiger partial charge >= 0.3 is 326 Å². The van der Waals surface area contributed by atoms with Gasteiger partial charge in [0.2, 0.25) is 0 Å². The summed E-state index contributed by atoms with van der Waals surface area (Å²) in [5.74, 6) is 0. The maximum absolute atomic E-state index is 11.9. The minimum absolute atomic E-state index is 0. The van der Waals surface area contributed by atoms with Crippen LogP contribution in [-0.4, -0.2) is 183 Å². The van der Waals surface area contributed by atoms with Gasteiger partial charge in [-0.05, 0) is 115 Å². The van der Waals surface area contributed by atoms with E-state index in [0.29, 0.717) is 0 Å². The molecule has 446 valence electrons. The van der Waals surface area contributed by atoms with Crippen LogP contribution in [0.5, 0.6) is 0 Å². The second kappa shape index (κ2) is 46.0. The zero-order valence-corrected chi connectivity index (χ0v) is 76.3. The van der Waals surface area contributed by atoms with Gasteiger partial charge in [0.25, 0.3) is 0 Å². The van der Waals surface area contributed by atoms with Crippen molar-refractivity contribution in [2.45, 2.75) is 240 Å². The molecule has 0 rings (SSSR count). The molecule has 0 aromatic heterocycles. The third-order valence-corrected chi connectivity index (χ3v) is 96.7. The SMILES string of the molecule is CC[PH+](CC)CC.CC[PH+](CC)CC.CC[PH+](CC)CC.CC[PH+](CC)CC.C[Si](C)(C)[N]([Ge]([O][O-])[N]([Si](C)(C)C)[Si](C)(C)C)[Si](C)(C)C.C[Si](C)(C)[N]([Ge]([O][O-])[N]([Si](C)(C)C)[Si](C)(C)C)[Si](C)(C)C.[Pt+2].[Pt+2]. The molecule has 8 nitrogen and oxygen atoms in total. The van der Waals surface area contributed by atoms with Crippen molar-refractivity contribution in [3.63, 3.8) is 0 Å². The number of nitrogens with zero attached hydrogens (tertiary/aromatic N) is 4. The van der Waals surface area contributed by atoms with Gasteiger partial charge in [-0.1, -0.05) is 0 Å². The van der Waals surface area contributed by atoms with Crippen LogP contribution >= 0.6 is 31.7 Å². The summed E-state index contributed by atoms with van der Waals surface area (Å²) >= 11 is -4.85. The molecule has 72 heavy (non-hydrogen) atoms. The van der Waals surface area contributed by atoms with Gasteiger partial charge in [-0.25, -0.2) is 0 Å². The quantitative estimate of drug-likeness (QED) is 0.0367. The van der Waals surface area contributed by atoms with Crippen LogP contribution in [0.1, 0.15) is 83.1 Å². The summed E-state index contributed by atoms with van der Waals surface area (Å²) in [4.78, 5) is 0. The van der Waals surface area contributed by atoms with Gasteiger partial charge in [-0.3, -0.25) is 0 Å². The molecular formula is C48H136Ge2N4O4P4Pt2Si8+6. The monoisotopic (exact) mass is 1720 g/mol. The van der Waals surface area contributed by atoms with Gasteiger partial charge < -0.3 is 0 Å². The van der Waals surface area contributed by atoms with Crippen molar-refractivity contribution in [3.05, 3.63) is 0 Å². The molecule has 0 saturated heterocycles. The van der Waals surface area contributed by atoms with Gasteiger partial charge in [0, 0.05) is 0 Å². The summed E-state index contributed by atoms with van der Waals surface area (Å²) in [5, 5.41) is 23.8. The van der Waals surface area contributed by atoms with E-state index in [1.54, 1.807) is 0 Å². The second-order valence-electron chi connectivity index (χ2n) is 26.7. The topological polar surface area (TPSA) is 77.5 Å². The van der Waals surface area contributed by atoms with Crippen LogP contribution in [0.2, 0.25) is 157 Å². The molecule has 24 heteroatoms. The Morgan fingerprint density at radius 3 is 0.361 bits per heavy atom. The number of hydrogen-bond acceptors (Lipinski definition) is 8. The Hall–Kier alpha value is 5.60. The fraction of sp³-hybridized carbons (Fsp3) is 1.00. The minimum Gasteiger partial charge on any atom is 2.00 e. The summed E-state index contributed by atoms with van der Waals surface area (Å²) in [7, 11) is -12.1. The first-order valence-corrected chi connectivity index (χ1v) is 69.7. The standard InChI is InChI=1S/2C12H37GeN2O2Si4.4C6H15P.2Pt/c2*1-18(2,3)14(19(4,5)6)13(17-16)15(20(7,8)9)21(10,11)12;4*1-4-7(5-2)6-3;;/h2*16H,1-12H3;4*4-6H2,1-3H3;;/q;;;;;;2*+2/p+2. The third kappa shape index (κ3) is 44.2. The average molecular weight is 1720 g/mol. The van der Waals surface area contributed by atoms with Crippen LogP contribution in [0, 0.1) is 0 Å². The molecule has 0 atom stereocenters. The Morgan fingerprint density at radius 1 is 0.250 bits per heavy atom. The molecule has 2 radical (unpaired) electrons. The van der Waals surface area contributed by atoms with E-state index >= 15 is 0 Å². The first-order chi connectivity index (χ1) is 31.3. The number of rotatable bonds is 26. The fourth-order valence-electron chi connectivity index (χ4n) is 9.67. The van der Waals surface area contributed by atoms with Crippen molar-refractivity contribution in [1.29, 1.82) is 0 Å². The van der Waals surface area contributed by atoms with Crippen LogP contribution in [0.15, 0.2) is 0 Å². The summed E-state index contributed by atoms with van der Waals surface area (Å²) in [5.41, 5.74) is 0. The molecule has 0 aliphatic heterocycles. The predicted molar refractivity (Wildman–Crippen MR) is 368 cm³/mol. The molecule has 0 unspecified atom stereocenters. The largest absolute Gasteiger partial charge is 2.00 e. The normalized spacial score (nSPS) is 13.0. The van der Waals surface area contributed by atoms with E-state index in [9.17, 15) is 10.5 Å². The Labute approximate surface area is 509 Å². The van der Waals surface area contributed by atoms with Gasteiger partial charge in [-0.15, -0.1) is 0 Å². The number of hydrogen-bond donors (Lipinski definition) is 0. The Morgan fingerprint density at radius 2 is 0.333 bits per heavy atom. The van der Waals surface area contributed by atoms with Crippen LogP contribution in [0.4, 0.5) is 0 Å². The van der Waals surface area contributed by atoms with Crippen LogP contribution in [-0.2, 0) is 50.0 Å². The molecule has 0 N–H and O–H groups in total. The Balaban J connectivity index is -0.000000123. The van der Waals surface area contributed by atoms with E-state index in [2.05, 4.69) is 253 Å². The van der Waals surface area contributed by atoms with Crippen molar-refractivity contribution in [2.75, 3.05) is 73.9 Å². The van der Waals surface area contributed by atoms with Crippen LogP contribution in [0.3, 0.4) is 0 Å². The van der Waals surface area contributed by atoms with Crippen molar-refractivity contribution >= 4 is 128 Å². The molecule has 0 heterocycles. The molecule has 0 fully saturated rings. The van der Waals surface area contributed by atoms with Gasteiger partial charge in [0.1, 0.15) is 0 Å². The molecule has 0 amide bonds. The Bertz CT molecular complexity index is 974. The average Bonchev–Trinajstić information content (AvgIpc) is 3.17. The Kier molecular flexibility index (Phi) is 60.0. The predicted octanol–water partition coefficient (Wildman–Crippen LogP) is 15.4. The van der Waals surface area contributed by atoms with Crippen molar-refractivity contribution < 1.29 is 60.5 Å². The zero-order valence-electron chi connectivity index (χ0n) is 55.5. The van der Waals surface area contributed by atoms with Crippen LogP contribution in [0.25, 0.3) is 0 Å². The van der Waals surface area contributed by atoms with E-state index in [1.165, 1.54) is 73.9 Å². The van der Waals surface area contributed by atoms with E-state index in [4.69, 9.17) is 7.83 Å². The second-order valence-corrected chi connectivity index (χ2v) is 95.6. The van der Waals surface area contributed by atoms with Crippen molar-refractivity contribution in [2.24, 2.45) is 0 Å². The van der Waals surface area contributed by atoms with Crippen molar-refractivity contribution in [1.82, 2.24) is 12.8 Å². The summed E-state index contributed by atoms with van der Waals surface area (Å²) < 4.78 is 20.9. The fourth-order valence-corrected chi connectivity index (χ4v) is 92.7. The molecule has 0 aliphatic carbocycles. The summed E-state index contributed by atoms with van der Waals surface area (Å²) in [6.07, 6.45) is 17.5. The smallest absolute Gasteiger partial charge is 2.00 e. The molecule has 0 bridgehead atoms. The van der Waals surface area contributed by atoms with Crippen LogP contribution < -0.4 is 10.5 Å². The molecule has 0 saturated carbocycles.